The molecule has 1 heteroatoms. The van der Waals surface area contributed by atoms with Crippen LogP contribution in [0.4, 0.5) is 0 Å². The average Bonchev–Trinajstić information content (AvgIpc) is 2.77. The second-order valence-electron chi connectivity index (χ2n) is 8.42. The van der Waals surface area contributed by atoms with Gasteiger partial charge in [-0.2, -0.15) is 0 Å². The Morgan fingerprint density at radius 3 is 2.00 bits per heavy atom. The molecular weight excluding hydrogens is 328 g/mol. The summed E-state index contributed by atoms with van der Waals surface area (Å²) in [7, 11) is 0. The predicted octanol–water partition coefficient (Wildman–Crippen LogP) is 7.21. The molecule has 0 saturated carbocycles. The molecule has 1 atom stereocenters. The van der Waals surface area contributed by atoms with E-state index < -0.39 is 5.41 Å². The third-order valence-electron chi connectivity index (χ3n) is 6.80. The molecule has 0 aliphatic heterocycles. The number of benzene rings is 1. The molecule has 0 radical (unpaired) electrons. The molecule has 0 saturated heterocycles. The van der Waals surface area contributed by atoms with E-state index in [1.54, 1.807) is 0 Å². The molecule has 1 aromatic carbocycles. The highest BCUT2D eigenvalue weighted by molar-refractivity contribution is 6.05. The largest absolute Gasteiger partial charge is 0.293 e. The molecule has 142 valence electrons. The standard InChI is InChI=1S/C26H32O/c27-25(21-13-5-1-6-14-21)26(22-15-7-2-8-16-22,23-17-9-3-10-18-23)24-19-11-4-12-20-24/h1,5-7,13-15,17,19,22H,2-4,8-12,16,18,20H2. The van der Waals surface area contributed by atoms with E-state index in [-0.39, 0.29) is 0 Å². The number of Topliss-reactive ketones (excluding diaryl/α,β-unsaturated/α-hetero) is 1. The fourth-order valence-corrected chi connectivity index (χ4v) is 5.53. The first-order valence-corrected chi connectivity index (χ1v) is 11.0. The van der Waals surface area contributed by atoms with Gasteiger partial charge >= 0.3 is 0 Å². The minimum Gasteiger partial charge on any atom is -0.293 e. The molecule has 0 spiro atoms. The molecule has 1 aromatic rings. The lowest BCUT2D eigenvalue weighted by molar-refractivity contribution is 0.0806. The zero-order valence-corrected chi connectivity index (χ0v) is 16.5. The fraction of sp³-hybridized carbons (Fsp3) is 0.500. The molecule has 0 amide bonds. The Kier molecular flexibility index (Phi) is 5.76. The van der Waals surface area contributed by atoms with Gasteiger partial charge in [0.1, 0.15) is 0 Å². The van der Waals surface area contributed by atoms with E-state index in [2.05, 4.69) is 24.3 Å². The van der Waals surface area contributed by atoms with Crippen molar-refractivity contribution in [2.75, 3.05) is 0 Å². The lowest BCUT2D eigenvalue weighted by Crippen LogP contribution is -2.43. The Balaban J connectivity index is 1.91. The van der Waals surface area contributed by atoms with Crippen LogP contribution in [0.15, 0.2) is 65.8 Å². The molecule has 4 rings (SSSR count). The molecular formula is C26H32O. The van der Waals surface area contributed by atoms with Crippen molar-refractivity contribution in [3.63, 3.8) is 0 Å². The third kappa shape index (κ3) is 3.49. The molecule has 0 fully saturated rings. The van der Waals surface area contributed by atoms with Crippen LogP contribution >= 0.6 is 0 Å². The quantitative estimate of drug-likeness (QED) is 0.400. The van der Waals surface area contributed by atoms with Gasteiger partial charge in [-0.15, -0.1) is 0 Å². The summed E-state index contributed by atoms with van der Waals surface area (Å²) < 4.78 is 0. The number of hydrogen-bond acceptors (Lipinski definition) is 1. The lowest BCUT2D eigenvalue weighted by Gasteiger charge is -2.45. The van der Waals surface area contributed by atoms with Crippen molar-refractivity contribution in [1.29, 1.82) is 0 Å². The highest BCUT2D eigenvalue weighted by atomic mass is 16.1. The Morgan fingerprint density at radius 2 is 1.48 bits per heavy atom. The van der Waals surface area contributed by atoms with E-state index in [0.717, 1.165) is 44.1 Å². The van der Waals surface area contributed by atoms with Crippen LogP contribution < -0.4 is 0 Å². The summed E-state index contributed by atoms with van der Waals surface area (Å²) in [4.78, 5) is 14.2. The second kappa shape index (κ2) is 8.42. The Morgan fingerprint density at radius 1 is 0.815 bits per heavy atom. The Hall–Kier alpha value is -1.89. The number of hydrogen-bond donors (Lipinski definition) is 0. The Bertz CT molecular complexity index is 724. The van der Waals surface area contributed by atoms with Gasteiger partial charge in [-0.3, -0.25) is 4.79 Å². The van der Waals surface area contributed by atoms with Crippen LogP contribution in [0.5, 0.6) is 0 Å². The molecule has 1 nitrogen and oxygen atoms in total. The average molecular weight is 361 g/mol. The summed E-state index contributed by atoms with van der Waals surface area (Å²) in [5.41, 5.74) is 3.30. The van der Waals surface area contributed by atoms with Gasteiger partial charge in [0, 0.05) is 5.56 Å². The van der Waals surface area contributed by atoms with E-state index in [1.165, 1.54) is 43.3 Å². The van der Waals surface area contributed by atoms with Gasteiger partial charge in [0.15, 0.2) is 5.78 Å². The van der Waals surface area contributed by atoms with Crippen LogP contribution in [0.1, 0.15) is 81.0 Å². The Labute approximate surface area is 164 Å². The molecule has 3 aliphatic carbocycles. The van der Waals surface area contributed by atoms with Gasteiger partial charge in [0.05, 0.1) is 5.41 Å². The SMILES string of the molecule is O=C(c1ccccc1)C(C1=CCCCC1)(C1=CCCCC1)C1C=CCCC1. The van der Waals surface area contributed by atoms with Crippen LogP contribution in [-0.2, 0) is 0 Å². The molecule has 1 unspecified atom stereocenters. The topological polar surface area (TPSA) is 17.1 Å². The van der Waals surface area contributed by atoms with Crippen LogP contribution in [0, 0.1) is 11.3 Å². The first kappa shape index (κ1) is 18.5. The van der Waals surface area contributed by atoms with E-state index in [9.17, 15) is 4.79 Å². The summed E-state index contributed by atoms with van der Waals surface area (Å²) in [6.07, 6.45) is 22.5. The zero-order chi connectivity index (χ0) is 18.5. The number of ketones is 1. The predicted molar refractivity (Wildman–Crippen MR) is 113 cm³/mol. The van der Waals surface area contributed by atoms with Gasteiger partial charge in [-0.25, -0.2) is 0 Å². The number of carbonyl (C=O) groups excluding carboxylic acids is 1. The molecule has 27 heavy (non-hydrogen) atoms. The number of rotatable bonds is 5. The monoisotopic (exact) mass is 360 g/mol. The molecule has 0 N–H and O–H groups in total. The maximum absolute atomic E-state index is 14.2. The molecule has 0 aromatic heterocycles. The zero-order valence-electron chi connectivity index (χ0n) is 16.5. The van der Waals surface area contributed by atoms with Gasteiger partial charge in [-0.05, 0) is 76.5 Å². The second-order valence-corrected chi connectivity index (χ2v) is 8.42. The molecule has 0 heterocycles. The highest BCUT2D eigenvalue weighted by Crippen LogP contribution is 2.53. The minimum atomic E-state index is -0.431. The van der Waals surface area contributed by atoms with Crippen molar-refractivity contribution in [3.8, 4) is 0 Å². The highest BCUT2D eigenvalue weighted by Gasteiger charge is 2.50. The van der Waals surface area contributed by atoms with E-state index in [0.29, 0.717) is 11.7 Å². The van der Waals surface area contributed by atoms with Crippen LogP contribution in [0.3, 0.4) is 0 Å². The van der Waals surface area contributed by atoms with E-state index >= 15 is 0 Å². The van der Waals surface area contributed by atoms with Gasteiger partial charge in [-0.1, -0.05) is 65.8 Å². The van der Waals surface area contributed by atoms with Crippen molar-refractivity contribution in [2.24, 2.45) is 11.3 Å². The first-order chi connectivity index (χ1) is 13.3. The van der Waals surface area contributed by atoms with E-state index in [1.807, 2.05) is 30.3 Å². The van der Waals surface area contributed by atoms with Crippen LogP contribution in [0.25, 0.3) is 0 Å². The molecule has 3 aliphatic rings. The third-order valence-corrected chi connectivity index (χ3v) is 6.80. The van der Waals surface area contributed by atoms with Crippen molar-refractivity contribution < 1.29 is 4.79 Å². The van der Waals surface area contributed by atoms with Crippen molar-refractivity contribution in [3.05, 3.63) is 71.3 Å². The lowest BCUT2D eigenvalue weighted by atomic mass is 9.56. The first-order valence-electron chi connectivity index (χ1n) is 11.0. The summed E-state index contributed by atoms with van der Waals surface area (Å²) in [5.74, 6) is 0.661. The minimum absolute atomic E-state index is 0.313. The summed E-state index contributed by atoms with van der Waals surface area (Å²) in [6, 6.07) is 10.1. The smallest absolute Gasteiger partial charge is 0.177 e. The molecule has 0 bridgehead atoms. The number of allylic oxidation sites excluding steroid dienone is 6. The van der Waals surface area contributed by atoms with Gasteiger partial charge in [0.2, 0.25) is 0 Å². The number of carbonyl (C=O) groups is 1. The van der Waals surface area contributed by atoms with Crippen LogP contribution in [0.2, 0.25) is 0 Å². The van der Waals surface area contributed by atoms with Crippen LogP contribution in [-0.4, -0.2) is 5.78 Å². The van der Waals surface area contributed by atoms with Crippen molar-refractivity contribution in [2.45, 2.75) is 70.6 Å². The normalized spacial score (nSPS) is 23.5. The van der Waals surface area contributed by atoms with Gasteiger partial charge in [0.25, 0.3) is 0 Å². The fourth-order valence-electron chi connectivity index (χ4n) is 5.53. The van der Waals surface area contributed by atoms with Crippen molar-refractivity contribution >= 4 is 5.78 Å². The van der Waals surface area contributed by atoms with E-state index in [4.69, 9.17) is 0 Å². The van der Waals surface area contributed by atoms with Gasteiger partial charge < -0.3 is 0 Å². The summed E-state index contributed by atoms with van der Waals surface area (Å²) >= 11 is 0. The summed E-state index contributed by atoms with van der Waals surface area (Å²) in [5, 5.41) is 0. The maximum atomic E-state index is 14.2. The summed E-state index contributed by atoms with van der Waals surface area (Å²) in [6.45, 7) is 0. The van der Waals surface area contributed by atoms with Crippen molar-refractivity contribution in [1.82, 2.24) is 0 Å². The maximum Gasteiger partial charge on any atom is 0.177 e.